The summed E-state index contributed by atoms with van der Waals surface area (Å²) in [6, 6.07) is 1.87. The maximum Gasteiger partial charge on any atom is 0.153 e. The number of fused-ring (bicyclic) bond motifs is 1. The number of allylic oxidation sites excluding steroid dienone is 1. The van der Waals surface area contributed by atoms with Crippen LogP contribution in [0.4, 0.5) is 5.69 Å². The van der Waals surface area contributed by atoms with Crippen LogP contribution in [0, 0.1) is 0 Å². The number of aldehydes is 1. The third-order valence-corrected chi connectivity index (χ3v) is 2.33. The molecular formula is C11H11N3O. The van der Waals surface area contributed by atoms with Crippen molar-refractivity contribution in [2.75, 3.05) is 5.73 Å². The van der Waals surface area contributed by atoms with Crippen molar-refractivity contribution in [2.45, 2.75) is 6.92 Å². The molecule has 2 aromatic rings. The molecule has 0 spiro atoms. The molecule has 0 fully saturated rings. The zero-order valence-corrected chi connectivity index (χ0v) is 8.40. The van der Waals surface area contributed by atoms with Crippen LogP contribution in [0.5, 0.6) is 0 Å². The third kappa shape index (κ3) is 1.40. The number of nitrogens with two attached hydrogens (primary N) is 1. The molecule has 0 aromatic carbocycles. The van der Waals surface area contributed by atoms with Crippen LogP contribution in [-0.2, 0) is 0 Å². The normalized spacial score (nSPS) is 10.5. The van der Waals surface area contributed by atoms with E-state index < -0.39 is 0 Å². The largest absolute Gasteiger partial charge is 0.396 e. The molecule has 4 heteroatoms. The van der Waals surface area contributed by atoms with Crippen molar-refractivity contribution in [3.8, 4) is 0 Å². The van der Waals surface area contributed by atoms with Crippen molar-refractivity contribution >= 4 is 23.1 Å². The molecule has 2 aromatic heterocycles. The fourth-order valence-electron chi connectivity index (χ4n) is 1.42. The van der Waals surface area contributed by atoms with Gasteiger partial charge in [-0.3, -0.25) is 4.79 Å². The summed E-state index contributed by atoms with van der Waals surface area (Å²) in [5.74, 6) is 0. The van der Waals surface area contributed by atoms with Gasteiger partial charge in [-0.1, -0.05) is 6.58 Å². The highest BCUT2D eigenvalue weighted by molar-refractivity contribution is 5.90. The molecule has 76 valence electrons. The number of nitrogen functional groups attached to an aromatic ring is 1. The van der Waals surface area contributed by atoms with E-state index in [2.05, 4.69) is 11.7 Å². The van der Waals surface area contributed by atoms with Gasteiger partial charge in [0.2, 0.25) is 0 Å². The molecular weight excluding hydrogens is 190 g/mol. The summed E-state index contributed by atoms with van der Waals surface area (Å²) in [6.07, 6.45) is 4.00. The van der Waals surface area contributed by atoms with Crippen LogP contribution >= 0.6 is 0 Å². The number of hydrogen-bond acceptors (Lipinski definition) is 3. The van der Waals surface area contributed by atoms with E-state index in [4.69, 9.17) is 5.73 Å². The predicted octanol–water partition coefficient (Wildman–Crippen LogP) is 1.76. The van der Waals surface area contributed by atoms with Gasteiger partial charge in [0, 0.05) is 6.20 Å². The van der Waals surface area contributed by atoms with E-state index >= 15 is 0 Å². The Bertz CT molecular complexity index is 554. The molecule has 0 aliphatic heterocycles. The number of anilines is 1. The second-order valence-corrected chi connectivity index (χ2v) is 3.47. The summed E-state index contributed by atoms with van der Waals surface area (Å²) in [7, 11) is 0. The molecule has 0 amide bonds. The molecule has 0 aliphatic rings. The molecule has 0 aliphatic carbocycles. The second-order valence-electron chi connectivity index (χ2n) is 3.47. The van der Waals surface area contributed by atoms with E-state index in [1.807, 2.05) is 19.2 Å². The number of nitrogens with zero attached hydrogens (tertiary/aromatic N) is 2. The summed E-state index contributed by atoms with van der Waals surface area (Å²) in [5.41, 5.74) is 9.32. The molecule has 0 atom stereocenters. The van der Waals surface area contributed by atoms with Crippen LogP contribution in [0.1, 0.15) is 22.8 Å². The van der Waals surface area contributed by atoms with Crippen LogP contribution in [0.25, 0.3) is 11.1 Å². The number of aromatic nitrogens is 2. The Hall–Kier alpha value is -2.10. The van der Waals surface area contributed by atoms with Crippen molar-refractivity contribution in [2.24, 2.45) is 0 Å². The Balaban J connectivity index is 2.76. The maximum atomic E-state index is 10.7. The highest BCUT2D eigenvalue weighted by Gasteiger charge is 2.07. The van der Waals surface area contributed by atoms with E-state index in [1.165, 1.54) is 6.20 Å². The van der Waals surface area contributed by atoms with Gasteiger partial charge in [-0.15, -0.1) is 0 Å². The van der Waals surface area contributed by atoms with Gasteiger partial charge in [0.1, 0.15) is 0 Å². The fraction of sp³-hybridized carbons (Fsp3) is 0.0909. The summed E-state index contributed by atoms with van der Waals surface area (Å²) in [5, 5.41) is 4.08. The fourth-order valence-corrected chi connectivity index (χ4v) is 1.42. The third-order valence-electron chi connectivity index (χ3n) is 2.33. The molecule has 0 radical (unpaired) electrons. The highest BCUT2D eigenvalue weighted by atomic mass is 16.1. The summed E-state index contributed by atoms with van der Waals surface area (Å²) in [4.78, 5) is 10.7. The van der Waals surface area contributed by atoms with E-state index in [-0.39, 0.29) is 0 Å². The molecule has 2 heterocycles. The van der Waals surface area contributed by atoms with Crippen molar-refractivity contribution in [3.05, 3.63) is 36.2 Å². The lowest BCUT2D eigenvalue weighted by molar-refractivity contribution is 0.112. The van der Waals surface area contributed by atoms with E-state index in [9.17, 15) is 4.79 Å². The van der Waals surface area contributed by atoms with Crippen LogP contribution in [0.15, 0.2) is 25.0 Å². The molecule has 2 rings (SSSR count). The van der Waals surface area contributed by atoms with Gasteiger partial charge in [0.15, 0.2) is 6.29 Å². The zero-order valence-electron chi connectivity index (χ0n) is 8.40. The first-order chi connectivity index (χ1) is 7.13. The SMILES string of the molecule is C=C(C)c1cc2c(N)c(C=O)cnn2c1. The van der Waals surface area contributed by atoms with Gasteiger partial charge in [-0.05, 0) is 24.1 Å². The lowest BCUT2D eigenvalue weighted by Gasteiger charge is -1.99. The number of carbonyl (C=O) groups is 1. The molecule has 4 nitrogen and oxygen atoms in total. The van der Waals surface area contributed by atoms with Gasteiger partial charge in [0.25, 0.3) is 0 Å². The minimum absolute atomic E-state index is 0.411. The maximum absolute atomic E-state index is 10.7. The Labute approximate surface area is 87.0 Å². The van der Waals surface area contributed by atoms with Crippen LogP contribution in [0.2, 0.25) is 0 Å². The van der Waals surface area contributed by atoms with Crippen LogP contribution in [0.3, 0.4) is 0 Å². The number of rotatable bonds is 2. The van der Waals surface area contributed by atoms with Crippen LogP contribution in [-0.4, -0.2) is 15.9 Å². The average Bonchev–Trinajstić information content (AvgIpc) is 2.63. The van der Waals surface area contributed by atoms with Crippen LogP contribution < -0.4 is 5.73 Å². The van der Waals surface area contributed by atoms with Gasteiger partial charge in [0.05, 0.1) is 23.0 Å². The lowest BCUT2D eigenvalue weighted by Crippen LogP contribution is -1.99. The smallest absolute Gasteiger partial charge is 0.153 e. The number of hydrogen-bond donors (Lipinski definition) is 1. The predicted molar refractivity (Wildman–Crippen MR) is 59.7 cm³/mol. The Morgan fingerprint density at radius 1 is 1.67 bits per heavy atom. The van der Waals surface area contributed by atoms with E-state index in [0.717, 1.165) is 16.7 Å². The van der Waals surface area contributed by atoms with Crippen molar-refractivity contribution < 1.29 is 4.79 Å². The topological polar surface area (TPSA) is 60.4 Å². The second kappa shape index (κ2) is 3.24. The molecule has 0 saturated heterocycles. The Morgan fingerprint density at radius 2 is 2.40 bits per heavy atom. The Kier molecular flexibility index (Phi) is 2.04. The minimum Gasteiger partial charge on any atom is -0.396 e. The van der Waals surface area contributed by atoms with Gasteiger partial charge in [-0.2, -0.15) is 5.10 Å². The first-order valence-corrected chi connectivity index (χ1v) is 4.51. The minimum atomic E-state index is 0.411. The standard InChI is InChI=1S/C11H11N3O/c1-7(2)8-3-10-11(12)9(6-15)4-13-14(10)5-8/h3-6H,1,12H2,2H3. The molecule has 15 heavy (non-hydrogen) atoms. The molecule has 2 N–H and O–H groups in total. The molecule has 0 bridgehead atoms. The van der Waals surface area contributed by atoms with Gasteiger partial charge in [-0.25, -0.2) is 4.52 Å². The first kappa shape index (κ1) is 9.45. The quantitative estimate of drug-likeness (QED) is 0.753. The van der Waals surface area contributed by atoms with E-state index in [0.29, 0.717) is 17.5 Å². The highest BCUT2D eigenvalue weighted by Crippen LogP contribution is 2.21. The lowest BCUT2D eigenvalue weighted by atomic mass is 10.2. The number of carbonyl (C=O) groups excluding carboxylic acids is 1. The summed E-state index contributed by atoms with van der Waals surface area (Å²) >= 11 is 0. The van der Waals surface area contributed by atoms with E-state index in [1.54, 1.807) is 4.52 Å². The molecule has 0 saturated carbocycles. The van der Waals surface area contributed by atoms with Gasteiger partial charge >= 0.3 is 0 Å². The Morgan fingerprint density at radius 3 is 3.00 bits per heavy atom. The summed E-state index contributed by atoms with van der Waals surface area (Å²) < 4.78 is 1.65. The zero-order chi connectivity index (χ0) is 11.0. The average molecular weight is 201 g/mol. The summed E-state index contributed by atoms with van der Waals surface area (Å²) in [6.45, 7) is 5.75. The monoisotopic (exact) mass is 201 g/mol. The van der Waals surface area contributed by atoms with Crippen molar-refractivity contribution in [1.82, 2.24) is 9.61 Å². The first-order valence-electron chi connectivity index (χ1n) is 4.51. The van der Waals surface area contributed by atoms with Gasteiger partial charge < -0.3 is 5.73 Å². The van der Waals surface area contributed by atoms with Crippen molar-refractivity contribution in [3.63, 3.8) is 0 Å². The van der Waals surface area contributed by atoms with Crippen molar-refractivity contribution in [1.29, 1.82) is 0 Å². The molecule has 0 unspecified atom stereocenters.